The van der Waals surface area contributed by atoms with E-state index in [0.29, 0.717) is 0 Å². The largest absolute Gasteiger partial charge is 0.287 e. The average Bonchev–Trinajstić information content (AvgIpc) is 2.19. The highest BCUT2D eigenvalue weighted by atomic mass is 32.2. The zero-order chi connectivity index (χ0) is 9.26. The molecule has 0 spiro atoms. The Morgan fingerprint density at radius 2 is 2.08 bits per heavy atom. The molecule has 0 aliphatic rings. The van der Waals surface area contributed by atoms with Gasteiger partial charge in [0.05, 0.1) is 12.4 Å². The van der Waals surface area contributed by atoms with Crippen LogP contribution in [0.1, 0.15) is 0 Å². The Hall–Kier alpha value is -1.09. The summed E-state index contributed by atoms with van der Waals surface area (Å²) in [4.78, 5) is 4.35. The first-order valence-electron chi connectivity index (χ1n) is 4.10. The molecular weight excluding hydrogens is 180 g/mol. The van der Waals surface area contributed by atoms with E-state index in [9.17, 15) is 0 Å². The van der Waals surface area contributed by atoms with Crippen LogP contribution in [-0.2, 0) is 7.05 Å². The molecule has 1 heterocycles. The van der Waals surface area contributed by atoms with Gasteiger partial charge in [-0.25, -0.2) is 4.57 Å². The number of nitrogens with zero attached hydrogens (tertiary/aromatic N) is 2. The number of fused-ring (bicyclic) bond motifs is 1. The van der Waals surface area contributed by atoms with E-state index in [1.165, 1.54) is 10.9 Å². The number of benzene rings is 1. The van der Waals surface area contributed by atoms with Crippen molar-refractivity contribution in [2.24, 2.45) is 7.05 Å². The summed E-state index contributed by atoms with van der Waals surface area (Å²) < 4.78 is 2.04. The number of thioether (sulfide) groups is 1. The van der Waals surface area contributed by atoms with Crippen LogP contribution >= 0.6 is 11.8 Å². The standard InChI is InChI=1S/C10H11N2S/c1-12-7-11-10(13-2)8-5-3-4-6-9(8)12/h3-7H,1-2H3/q+1. The van der Waals surface area contributed by atoms with Crippen molar-refractivity contribution in [3.8, 4) is 0 Å². The minimum Gasteiger partial charge on any atom is -0.232 e. The highest BCUT2D eigenvalue weighted by Gasteiger charge is 2.09. The van der Waals surface area contributed by atoms with Gasteiger partial charge in [0.2, 0.25) is 5.03 Å². The SMILES string of the molecule is CSc1nc[n+](C)c2ccccc12. The molecule has 3 heteroatoms. The molecule has 0 bridgehead atoms. The third-order valence-electron chi connectivity index (χ3n) is 2.06. The maximum atomic E-state index is 4.35. The summed E-state index contributed by atoms with van der Waals surface area (Å²) in [6.45, 7) is 0. The second kappa shape index (κ2) is 3.34. The molecule has 0 amide bonds. The fourth-order valence-electron chi connectivity index (χ4n) is 1.40. The molecule has 1 aromatic carbocycles. The molecule has 66 valence electrons. The van der Waals surface area contributed by atoms with Crippen LogP contribution in [0, 0.1) is 0 Å². The fraction of sp³-hybridized carbons (Fsp3) is 0.200. The number of aromatic nitrogens is 2. The quantitative estimate of drug-likeness (QED) is 0.388. The van der Waals surface area contributed by atoms with Gasteiger partial charge in [-0.15, -0.1) is 0 Å². The van der Waals surface area contributed by atoms with Crippen LogP contribution in [0.5, 0.6) is 0 Å². The molecule has 2 nitrogen and oxygen atoms in total. The molecule has 0 radical (unpaired) electrons. The molecule has 2 rings (SSSR count). The van der Waals surface area contributed by atoms with Crippen molar-refractivity contribution in [3.63, 3.8) is 0 Å². The van der Waals surface area contributed by atoms with Crippen molar-refractivity contribution >= 4 is 22.7 Å². The molecule has 0 unspecified atom stereocenters. The van der Waals surface area contributed by atoms with E-state index in [1.54, 1.807) is 11.8 Å². The lowest BCUT2D eigenvalue weighted by Gasteiger charge is -1.98. The number of hydrogen-bond donors (Lipinski definition) is 0. The second-order valence-electron chi connectivity index (χ2n) is 2.88. The second-order valence-corrected chi connectivity index (χ2v) is 3.68. The third kappa shape index (κ3) is 1.40. The maximum Gasteiger partial charge on any atom is 0.287 e. The van der Waals surface area contributed by atoms with Crippen LogP contribution in [0.2, 0.25) is 0 Å². The van der Waals surface area contributed by atoms with Crippen molar-refractivity contribution in [2.75, 3.05) is 6.26 Å². The number of rotatable bonds is 1. The first-order chi connectivity index (χ1) is 6.33. The van der Waals surface area contributed by atoms with Gasteiger partial charge in [-0.3, -0.25) is 0 Å². The Morgan fingerprint density at radius 3 is 2.85 bits per heavy atom. The molecule has 13 heavy (non-hydrogen) atoms. The van der Waals surface area contributed by atoms with Gasteiger partial charge < -0.3 is 0 Å². The molecule has 0 saturated heterocycles. The molecule has 0 atom stereocenters. The van der Waals surface area contributed by atoms with E-state index in [0.717, 1.165) is 5.03 Å². The average molecular weight is 191 g/mol. The fourth-order valence-corrected chi connectivity index (χ4v) is 1.94. The first kappa shape index (κ1) is 8.51. The Balaban J connectivity index is 2.84. The van der Waals surface area contributed by atoms with Crippen LogP contribution in [0.25, 0.3) is 10.9 Å². The summed E-state index contributed by atoms with van der Waals surface area (Å²) in [7, 11) is 2.01. The lowest BCUT2D eigenvalue weighted by molar-refractivity contribution is -0.648. The van der Waals surface area contributed by atoms with Crippen LogP contribution in [0.4, 0.5) is 0 Å². The van der Waals surface area contributed by atoms with E-state index < -0.39 is 0 Å². The van der Waals surface area contributed by atoms with Gasteiger partial charge in [-0.2, -0.15) is 0 Å². The molecule has 0 aliphatic carbocycles. The van der Waals surface area contributed by atoms with Gasteiger partial charge in [-0.1, -0.05) is 23.9 Å². The van der Waals surface area contributed by atoms with Gasteiger partial charge in [0.25, 0.3) is 6.33 Å². The predicted molar refractivity (Wildman–Crippen MR) is 54.7 cm³/mol. The summed E-state index contributed by atoms with van der Waals surface area (Å²) >= 11 is 1.68. The molecule has 0 aliphatic heterocycles. The molecule has 0 saturated carbocycles. The normalized spacial score (nSPS) is 10.6. The Morgan fingerprint density at radius 1 is 1.31 bits per heavy atom. The number of aryl methyl sites for hydroxylation is 1. The van der Waals surface area contributed by atoms with Gasteiger partial charge in [0.1, 0.15) is 5.52 Å². The summed E-state index contributed by atoms with van der Waals surface area (Å²) in [5, 5.41) is 2.31. The number of hydrogen-bond acceptors (Lipinski definition) is 2. The summed E-state index contributed by atoms with van der Waals surface area (Å²) in [5.74, 6) is 0. The van der Waals surface area contributed by atoms with Crippen molar-refractivity contribution in [3.05, 3.63) is 30.6 Å². The number of para-hydroxylation sites is 1. The monoisotopic (exact) mass is 191 g/mol. The highest BCUT2D eigenvalue weighted by molar-refractivity contribution is 7.98. The van der Waals surface area contributed by atoms with Crippen molar-refractivity contribution in [1.29, 1.82) is 0 Å². The van der Waals surface area contributed by atoms with Gasteiger partial charge in [0, 0.05) is 0 Å². The lowest BCUT2D eigenvalue weighted by atomic mass is 10.2. The molecule has 0 N–H and O–H groups in total. The Labute approximate surface area is 81.6 Å². The van der Waals surface area contributed by atoms with Crippen molar-refractivity contribution in [2.45, 2.75) is 5.03 Å². The van der Waals surface area contributed by atoms with E-state index >= 15 is 0 Å². The van der Waals surface area contributed by atoms with Crippen LogP contribution in [0.15, 0.2) is 35.6 Å². The Kier molecular flexibility index (Phi) is 2.19. The summed E-state index contributed by atoms with van der Waals surface area (Å²) in [6.07, 6.45) is 3.91. The molecule has 2 aromatic rings. The topological polar surface area (TPSA) is 16.8 Å². The van der Waals surface area contributed by atoms with E-state index in [2.05, 4.69) is 23.4 Å². The highest BCUT2D eigenvalue weighted by Crippen LogP contribution is 2.20. The zero-order valence-corrected chi connectivity index (χ0v) is 8.51. The van der Waals surface area contributed by atoms with Crippen molar-refractivity contribution < 1.29 is 4.57 Å². The smallest absolute Gasteiger partial charge is 0.232 e. The van der Waals surface area contributed by atoms with Gasteiger partial charge >= 0.3 is 0 Å². The zero-order valence-electron chi connectivity index (χ0n) is 7.69. The van der Waals surface area contributed by atoms with Crippen molar-refractivity contribution in [1.82, 2.24) is 4.98 Å². The minimum absolute atomic E-state index is 1.09. The predicted octanol–water partition coefficient (Wildman–Crippen LogP) is 1.78. The van der Waals surface area contributed by atoms with E-state index in [1.807, 2.05) is 30.1 Å². The third-order valence-corrected chi connectivity index (χ3v) is 2.77. The van der Waals surface area contributed by atoms with Crippen LogP contribution in [0.3, 0.4) is 0 Å². The molecule has 1 aromatic heterocycles. The lowest BCUT2D eigenvalue weighted by Crippen LogP contribution is -2.29. The maximum absolute atomic E-state index is 4.35. The van der Waals surface area contributed by atoms with Gasteiger partial charge in [0.15, 0.2) is 0 Å². The minimum atomic E-state index is 1.09. The summed E-state index contributed by atoms with van der Waals surface area (Å²) in [6, 6.07) is 8.31. The van der Waals surface area contributed by atoms with E-state index in [-0.39, 0.29) is 0 Å². The van der Waals surface area contributed by atoms with Crippen LogP contribution in [-0.4, -0.2) is 11.2 Å². The van der Waals surface area contributed by atoms with Crippen LogP contribution < -0.4 is 4.57 Å². The van der Waals surface area contributed by atoms with Gasteiger partial charge in [-0.05, 0) is 23.4 Å². The molecular formula is C10H11N2S+. The molecule has 0 fully saturated rings. The summed E-state index contributed by atoms with van der Waals surface area (Å²) in [5.41, 5.74) is 1.22. The Bertz CT molecular complexity index is 440. The van der Waals surface area contributed by atoms with E-state index in [4.69, 9.17) is 0 Å². The first-order valence-corrected chi connectivity index (χ1v) is 5.33.